The van der Waals surface area contributed by atoms with Gasteiger partial charge < -0.3 is 19.7 Å². The van der Waals surface area contributed by atoms with Gasteiger partial charge in [-0.2, -0.15) is 0 Å². The van der Waals surface area contributed by atoms with Crippen molar-refractivity contribution < 1.29 is 19.1 Å². The van der Waals surface area contributed by atoms with Crippen LogP contribution in [0.1, 0.15) is 17.0 Å². The van der Waals surface area contributed by atoms with Crippen LogP contribution in [0.4, 0.5) is 11.4 Å². The lowest BCUT2D eigenvalue weighted by atomic mass is 9.90. The summed E-state index contributed by atoms with van der Waals surface area (Å²) in [5.74, 6) is -0.0260. The highest BCUT2D eigenvalue weighted by molar-refractivity contribution is 6.01. The van der Waals surface area contributed by atoms with Gasteiger partial charge in [-0.25, -0.2) is 0 Å². The fraction of sp³-hybridized carbons (Fsp3) is 0.286. The van der Waals surface area contributed by atoms with Crippen molar-refractivity contribution in [2.24, 2.45) is 0 Å². The van der Waals surface area contributed by atoms with Crippen LogP contribution in [0.5, 0.6) is 5.75 Å². The van der Waals surface area contributed by atoms with Gasteiger partial charge in [0.15, 0.2) is 6.61 Å². The minimum atomic E-state index is -0.455. The quantitative estimate of drug-likeness (QED) is 0.571. The molecule has 3 aromatic rings. The van der Waals surface area contributed by atoms with E-state index in [0.29, 0.717) is 36.9 Å². The van der Waals surface area contributed by atoms with Crippen LogP contribution in [0.2, 0.25) is 0 Å². The molecule has 0 saturated carbocycles. The lowest BCUT2D eigenvalue weighted by Gasteiger charge is -2.33. The van der Waals surface area contributed by atoms with Crippen LogP contribution in [0.25, 0.3) is 0 Å². The second kappa shape index (κ2) is 10.7. The summed E-state index contributed by atoms with van der Waals surface area (Å²) in [5, 5.41) is 3.07. The number of ether oxygens (including phenoxy) is 2. The third-order valence-electron chi connectivity index (χ3n) is 6.44. The van der Waals surface area contributed by atoms with Crippen molar-refractivity contribution in [3.63, 3.8) is 0 Å². The molecule has 5 rings (SSSR count). The Kier molecular flexibility index (Phi) is 7.07. The van der Waals surface area contributed by atoms with Gasteiger partial charge in [0.1, 0.15) is 5.75 Å². The first-order valence-corrected chi connectivity index (χ1v) is 12.0. The van der Waals surface area contributed by atoms with E-state index in [1.54, 1.807) is 4.90 Å². The molecular weight excluding hydrogens is 442 g/mol. The summed E-state index contributed by atoms with van der Waals surface area (Å²) in [6.45, 7) is 4.50. The lowest BCUT2D eigenvalue weighted by molar-refractivity contribution is -0.121. The molecule has 7 heteroatoms. The summed E-state index contributed by atoms with van der Waals surface area (Å²) in [6.07, 6.45) is 0. The molecule has 2 amide bonds. The Morgan fingerprint density at radius 1 is 0.886 bits per heavy atom. The molecule has 0 radical (unpaired) electrons. The minimum Gasteiger partial charge on any atom is -0.482 e. The molecular formula is C28H29N3O4. The van der Waals surface area contributed by atoms with Gasteiger partial charge in [-0.1, -0.05) is 60.7 Å². The van der Waals surface area contributed by atoms with E-state index >= 15 is 0 Å². The van der Waals surface area contributed by atoms with Gasteiger partial charge in [0.25, 0.3) is 5.91 Å². The van der Waals surface area contributed by atoms with Crippen LogP contribution < -0.4 is 15.0 Å². The van der Waals surface area contributed by atoms with Crippen molar-refractivity contribution >= 4 is 23.2 Å². The molecule has 1 N–H and O–H groups in total. The number of fused-ring (bicyclic) bond motifs is 1. The molecule has 2 aliphatic rings. The SMILES string of the molecule is O=C(Nc1ccc2c(c1)N(CCN1CCOCC1)C(=O)CO2)C(c1ccccc1)c1ccccc1. The number of morpholine rings is 1. The molecule has 2 aliphatic heterocycles. The summed E-state index contributed by atoms with van der Waals surface area (Å²) in [6, 6.07) is 24.9. The smallest absolute Gasteiger partial charge is 0.265 e. The Labute approximate surface area is 205 Å². The van der Waals surface area contributed by atoms with Crippen molar-refractivity contribution in [2.45, 2.75) is 5.92 Å². The van der Waals surface area contributed by atoms with Crippen molar-refractivity contribution in [3.05, 3.63) is 90.0 Å². The summed E-state index contributed by atoms with van der Waals surface area (Å²) in [7, 11) is 0. The summed E-state index contributed by atoms with van der Waals surface area (Å²) in [5.41, 5.74) is 3.14. The molecule has 0 aromatic heterocycles. The predicted octanol–water partition coefficient (Wildman–Crippen LogP) is 3.51. The maximum absolute atomic E-state index is 13.5. The summed E-state index contributed by atoms with van der Waals surface area (Å²) >= 11 is 0. The maximum atomic E-state index is 13.5. The zero-order chi connectivity index (χ0) is 24.0. The monoisotopic (exact) mass is 471 g/mol. The summed E-state index contributed by atoms with van der Waals surface area (Å²) < 4.78 is 11.1. The lowest BCUT2D eigenvalue weighted by Crippen LogP contribution is -2.45. The zero-order valence-electron chi connectivity index (χ0n) is 19.6. The number of nitrogens with one attached hydrogen (secondary N) is 1. The van der Waals surface area contributed by atoms with Crippen LogP contribution in [-0.2, 0) is 14.3 Å². The van der Waals surface area contributed by atoms with Crippen LogP contribution >= 0.6 is 0 Å². The molecule has 35 heavy (non-hydrogen) atoms. The average molecular weight is 472 g/mol. The maximum Gasteiger partial charge on any atom is 0.265 e. The molecule has 0 unspecified atom stereocenters. The fourth-order valence-electron chi connectivity index (χ4n) is 4.59. The molecule has 2 heterocycles. The largest absolute Gasteiger partial charge is 0.482 e. The Balaban J connectivity index is 1.37. The molecule has 0 aliphatic carbocycles. The highest BCUT2D eigenvalue weighted by Gasteiger charge is 2.28. The predicted molar refractivity (Wildman–Crippen MR) is 135 cm³/mol. The van der Waals surface area contributed by atoms with E-state index in [9.17, 15) is 9.59 Å². The van der Waals surface area contributed by atoms with Crippen molar-refractivity contribution in [1.29, 1.82) is 0 Å². The third kappa shape index (κ3) is 5.37. The molecule has 1 fully saturated rings. The third-order valence-corrected chi connectivity index (χ3v) is 6.44. The minimum absolute atomic E-state index is 0.0197. The Bertz CT molecular complexity index is 1120. The molecule has 0 atom stereocenters. The number of rotatable bonds is 7. The molecule has 7 nitrogen and oxygen atoms in total. The van der Waals surface area contributed by atoms with Crippen molar-refractivity contribution in [2.75, 3.05) is 56.2 Å². The van der Waals surface area contributed by atoms with E-state index in [1.807, 2.05) is 78.9 Å². The molecule has 0 spiro atoms. The average Bonchev–Trinajstić information content (AvgIpc) is 2.90. The molecule has 3 aromatic carbocycles. The van der Waals surface area contributed by atoms with E-state index in [0.717, 1.165) is 30.8 Å². The first-order valence-electron chi connectivity index (χ1n) is 12.0. The number of hydrogen-bond donors (Lipinski definition) is 1. The normalized spacial score (nSPS) is 16.0. The van der Waals surface area contributed by atoms with Gasteiger partial charge in [0.05, 0.1) is 24.8 Å². The highest BCUT2D eigenvalue weighted by atomic mass is 16.5. The number of carbonyl (C=O) groups is 2. The molecule has 180 valence electrons. The number of anilines is 2. The first kappa shape index (κ1) is 23.1. The fourth-order valence-corrected chi connectivity index (χ4v) is 4.59. The van der Waals surface area contributed by atoms with Crippen LogP contribution in [0, 0.1) is 0 Å². The van der Waals surface area contributed by atoms with E-state index in [1.165, 1.54) is 0 Å². The topological polar surface area (TPSA) is 71.1 Å². The first-order chi connectivity index (χ1) is 17.2. The number of nitrogens with zero attached hydrogens (tertiary/aromatic N) is 2. The Morgan fingerprint density at radius 3 is 2.20 bits per heavy atom. The Morgan fingerprint density at radius 2 is 1.54 bits per heavy atom. The van der Waals surface area contributed by atoms with E-state index in [4.69, 9.17) is 9.47 Å². The standard InChI is InChI=1S/C28H29N3O4/c32-26-20-35-25-12-11-23(19-24(25)31(26)14-13-30-15-17-34-18-16-30)29-28(33)27(21-7-3-1-4-8-21)22-9-5-2-6-10-22/h1-12,19,27H,13-18,20H2,(H,29,33). The van der Waals surface area contributed by atoms with Gasteiger partial charge >= 0.3 is 0 Å². The van der Waals surface area contributed by atoms with Crippen LogP contribution in [0.3, 0.4) is 0 Å². The van der Waals surface area contributed by atoms with E-state index in [-0.39, 0.29) is 18.4 Å². The number of amides is 2. The van der Waals surface area contributed by atoms with Crippen LogP contribution in [0.15, 0.2) is 78.9 Å². The van der Waals surface area contributed by atoms with Gasteiger partial charge in [-0.3, -0.25) is 14.5 Å². The van der Waals surface area contributed by atoms with Crippen molar-refractivity contribution in [3.8, 4) is 5.75 Å². The van der Waals surface area contributed by atoms with Crippen LogP contribution in [-0.4, -0.2) is 62.7 Å². The Hall–Kier alpha value is -3.68. The van der Waals surface area contributed by atoms with Gasteiger partial charge in [0, 0.05) is 31.9 Å². The second-order valence-electron chi connectivity index (χ2n) is 8.71. The number of benzene rings is 3. The van der Waals surface area contributed by atoms with Crippen molar-refractivity contribution in [1.82, 2.24) is 4.90 Å². The highest BCUT2D eigenvalue weighted by Crippen LogP contribution is 2.35. The number of hydrogen-bond acceptors (Lipinski definition) is 5. The van der Waals surface area contributed by atoms with Gasteiger partial charge in [0.2, 0.25) is 5.91 Å². The molecule has 1 saturated heterocycles. The molecule has 0 bridgehead atoms. The van der Waals surface area contributed by atoms with E-state index in [2.05, 4.69) is 10.2 Å². The van der Waals surface area contributed by atoms with E-state index < -0.39 is 5.92 Å². The summed E-state index contributed by atoms with van der Waals surface area (Å²) in [4.78, 5) is 30.3. The second-order valence-corrected chi connectivity index (χ2v) is 8.71. The van der Waals surface area contributed by atoms with Gasteiger partial charge in [-0.05, 0) is 29.3 Å². The zero-order valence-corrected chi connectivity index (χ0v) is 19.6. The van der Waals surface area contributed by atoms with Gasteiger partial charge in [-0.15, -0.1) is 0 Å². The number of carbonyl (C=O) groups excluding carboxylic acids is 2.